The summed E-state index contributed by atoms with van der Waals surface area (Å²) < 4.78 is 11.2. The second-order valence-corrected chi connectivity index (χ2v) is 4.29. The molecule has 0 aliphatic rings. The van der Waals surface area contributed by atoms with E-state index >= 15 is 0 Å². The molecular weight excluding hydrogens is 228 g/mol. The SMILES string of the molecule is CC[C@@H](COCCc1ccccc1)OCCCO. The lowest BCUT2D eigenvalue weighted by molar-refractivity contribution is -0.0211. The fourth-order valence-electron chi connectivity index (χ4n) is 1.65. The van der Waals surface area contributed by atoms with Gasteiger partial charge in [0.2, 0.25) is 0 Å². The van der Waals surface area contributed by atoms with Crippen molar-refractivity contribution in [3.05, 3.63) is 35.9 Å². The van der Waals surface area contributed by atoms with Crippen molar-refractivity contribution in [2.45, 2.75) is 32.3 Å². The summed E-state index contributed by atoms with van der Waals surface area (Å²) in [6.45, 7) is 4.24. The number of rotatable bonds is 10. The Morgan fingerprint density at radius 1 is 1.17 bits per heavy atom. The normalized spacial score (nSPS) is 12.6. The van der Waals surface area contributed by atoms with Gasteiger partial charge in [-0.1, -0.05) is 37.3 Å². The van der Waals surface area contributed by atoms with Crippen molar-refractivity contribution in [3.8, 4) is 0 Å². The molecule has 3 heteroatoms. The van der Waals surface area contributed by atoms with Gasteiger partial charge in [-0.05, 0) is 24.8 Å². The highest BCUT2D eigenvalue weighted by Crippen LogP contribution is 2.03. The lowest BCUT2D eigenvalue weighted by Crippen LogP contribution is -2.20. The molecule has 0 fully saturated rings. The van der Waals surface area contributed by atoms with E-state index < -0.39 is 0 Å². The highest BCUT2D eigenvalue weighted by atomic mass is 16.5. The number of hydrogen-bond donors (Lipinski definition) is 1. The Kier molecular flexibility index (Phi) is 8.47. The van der Waals surface area contributed by atoms with Crippen molar-refractivity contribution < 1.29 is 14.6 Å². The molecule has 0 radical (unpaired) electrons. The molecule has 1 aromatic carbocycles. The van der Waals surface area contributed by atoms with Crippen LogP contribution in [0.1, 0.15) is 25.3 Å². The fraction of sp³-hybridized carbons (Fsp3) is 0.600. The van der Waals surface area contributed by atoms with E-state index in [1.54, 1.807) is 0 Å². The second-order valence-electron chi connectivity index (χ2n) is 4.29. The molecular formula is C15H24O3. The van der Waals surface area contributed by atoms with Crippen LogP contribution in [0.5, 0.6) is 0 Å². The first-order valence-corrected chi connectivity index (χ1v) is 6.71. The Labute approximate surface area is 110 Å². The summed E-state index contributed by atoms with van der Waals surface area (Å²) in [5.41, 5.74) is 1.30. The molecule has 0 heterocycles. The van der Waals surface area contributed by atoms with Crippen LogP contribution in [0.15, 0.2) is 30.3 Å². The molecule has 0 spiro atoms. The van der Waals surface area contributed by atoms with Crippen molar-refractivity contribution in [3.63, 3.8) is 0 Å². The maximum absolute atomic E-state index is 8.68. The zero-order valence-electron chi connectivity index (χ0n) is 11.2. The van der Waals surface area contributed by atoms with Crippen LogP contribution >= 0.6 is 0 Å². The fourth-order valence-corrected chi connectivity index (χ4v) is 1.65. The summed E-state index contributed by atoms with van der Waals surface area (Å²) in [4.78, 5) is 0. The first-order chi connectivity index (χ1) is 8.86. The van der Waals surface area contributed by atoms with Crippen LogP contribution in [0.2, 0.25) is 0 Å². The topological polar surface area (TPSA) is 38.7 Å². The van der Waals surface area contributed by atoms with Crippen LogP contribution in [-0.4, -0.2) is 37.6 Å². The molecule has 0 aliphatic carbocycles. The maximum atomic E-state index is 8.68. The molecule has 3 nitrogen and oxygen atoms in total. The molecule has 1 N–H and O–H groups in total. The smallest absolute Gasteiger partial charge is 0.0805 e. The first-order valence-electron chi connectivity index (χ1n) is 6.71. The van der Waals surface area contributed by atoms with Crippen molar-refractivity contribution in [1.82, 2.24) is 0 Å². The molecule has 0 saturated carbocycles. The van der Waals surface area contributed by atoms with E-state index in [1.807, 2.05) is 18.2 Å². The largest absolute Gasteiger partial charge is 0.396 e. The van der Waals surface area contributed by atoms with Crippen LogP contribution in [0.25, 0.3) is 0 Å². The van der Waals surface area contributed by atoms with E-state index in [0.717, 1.165) is 19.4 Å². The standard InChI is InChI=1S/C15H24O3/c1-2-15(18-11-6-10-16)13-17-12-9-14-7-4-3-5-8-14/h3-5,7-8,15-16H,2,6,9-13H2,1H3/t15-/m0/s1. The Bertz CT molecular complexity index is 287. The van der Waals surface area contributed by atoms with E-state index in [-0.39, 0.29) is 12.7 Å². The molecule has 102 valence electrons. The van der Waals surface area contributed by atoms with Crippen molar-refractivity contribution in [2.75, 3.05) is 26.4 Å². The van der Waals surface area contributed by atoms with Gasteiger partial charge in [0.1, 0.15) is 0 Å². The lowest BCUT2D eigenvalue weighted by atomic mass is 10.2. The van der Waals surface area contributed by atoms with Gasteiger partial charge < -0.3 is 14.6 Å². The Hall–Kier alpha value is -0.900. The van der Waals surface area contributed by atoms with Crippen LogP contribution in [0.3, 0.4) is 0 Å². The summed E-state index contributed by atoms with van der Waals surface area (Å²) in [6, 6.07) is 10.3. The number of hydrogen-bond acceptors (Lipinski definition) is 3. The number of aliphatic hydroxyl groups is 1. The summed E-state index contributed by atoms with van der Waals surface area (Å²) in [5.74, 6) is 0. The Morgan fingerprint density at radius 2 is 1.94 bits per heavy atom. The predicted octanol–water partition coefficient (Wildman–Crippen LogP) is 2.42. The van der Waals surface area contributed by atoms with Crippen molar-refractivity contribution in [2.24, 2.45) is 0 Å². The summed E-state index contributed by atoms with van der Waals surface area (Å²) in [6.07, 6.45) is 2.72. The van der Waals surface area contributed by atoms with Gasteiger partial charge >= 0.3 is 0 Å². The van der Waals surface area contributed by atoms with Gasteiger partial charge in [-0.15, -0.1) is 0 Å². The third-order valence-electron chi connectivity index (χ3n) is 2.79. The molecule has 0 saturated heterocycles. The van der Waals surface area contributed by atoms with Gasteiger partial charge in [0.05, 0.1) is 19.3 Å². The summed E-state index contributed by atoms with van der Waals surface area (Å²) in [7, 11) is 0. The number of benzene rings is 1. The Morgan fingerprint density at radius 3 is 2.61 bits per heavy atom. The van der Waals surface area contributed by atoms with Gasteiger partial charge in [0.25, 0.3) is 0 Å². The molecule has 1 aromatic rings. The Balaban J connectivity index is 2.08. The second kappa shape index (κ2) is 10.1. The molecule has 0 amide bonds. The first kappa shape index (κ1) is 15.2. The third-order valence-corrected chi connectivity index (χ3v) is 2.79. The number of aliphatic hydroxyl groups excluding tert-OH is 1. The molecule has 0 bridgehead atoms. The molecule has 1 atom stereocenters. The van der Waals surface area contributed by atoms with E-state index in [1.165, 1.54) is 5.56 Å². The average Bonchev–Trinajstić information content (AvgIpc) is 2.43. The van der Waals surface area contributed by atoms with Crippen LogP contribution in [0.4, 0.5) is 0 Å². The van der Waals surface area contributed by atoms with Gasteiger partial charge in [-0.3, -0.25) is 0 Å². The quantitative estimate of drug-likeness (QED) is 0.650. The minimum absolute atomic E-state index is 0.146. The molecule has 18 heavy (non-hydrogen) atoms. The van der Waals surface area contributed by atoms with E-state index in [9.17, 15) is 0 Å². The van der Waals surface area contributed by atoms with Crippen LogP contribution < -0.4 is 0 Å². The third kappa shape index (κ3) is 6.74. The maximum Gasteiger partial charge on any atom is 0.0805 e. The summed E-state index contributed by atoms with van der Waals surface area (Å²) in [5, 5.41) is 8.68. The minimum atomic E-state index is 0.146. The zero-order chi connectivity index (χ0) is 13.1. The predicted molar refractivity (Wildman–Crippen MR) is 72.7 cm³/mol. The molecule has 0 aromatic heterocycles. The van der Waals surface area contributed by atoms with Crippen LogP contribution in [0, 0.1) is 0 Å². The van der Waals surface area contributed by atoms with E-state index in [0.29, 0.717) is 19.6 Å². The monoisotopic (exact) mass is 252 g/mol. The average molecular weight is 252 g/mol. The molecule has 0 aliphatic heterocycles. The highest BCUT2D eigenvalue weighted by Gasteiger charge is 2.06. The van der Waals surface area contributed by atoms with Gasteiger partial charge in [-0.25, -0.2) is 0 Å². The number of ether oxygens (including phenoxy) is 2. The van der Waals surface area contributed by atoms with E-state index in [4.69, 9.17) is 14.6 Å². The summed E-state index contributed by atoms with van der Waals surface area (Å²) >= 11 is 0. The van der Waals surface area contributed by atoms with Crippen LogP contribution in [-0.2, 0) is 15.9 Å². The molecule has 0 unspecified atom stereocenters. The molecule has 1 rings (SSSR count). The van der Waals surface area contributed by atoms with Crippen molar-refractivity contribution in [1.29, 1.82) is 0 Å². The highest BCUT2D eigenvalue weighted by molar-refractivity contribution is 5.14. The lowest BCUT2D eigenvalue weighted by Gasteiger charge is -2.16. The van der Waals surface area contributed by atoms with Crippen molar-refractivity contribution >= 4 is 0 Å². The van der Waals surface area contributed by atoms with Gasteiger partial charge in [0, 0.05) is 13.2 Å². The zero-order valence-corrected chi connectivity index (χ0v) is 11.2. The van der Waals surface area contributed by atoms with Gasteiger partial charge in [0.15, 0.2) is 0 Å². The minimum Gasteiger partial charge on any atom is -0.396 e. The van der Waals surface area contributed by atoms with Gasteiger partial charge in [-0.2, -0.15) is 0 Å². The van der Waals surface area contributed by atoms with E-state index in [2.05, 4.69) is 19.1 Å².